The second-order valence-corrected chi connectivity index (χ2v) is 11.3. The third-order valence-electron chi connectivity index (χ3n) is 8.63. The molecule has 3 nitrogen and oxygen atoms in total. The number of allylic oxidation sites excluding steroid dienone is 3. The van der Waals surface area contributed by atoms with Gasteiger partial charge < -0.3 is 15.3 Å². The second kappa shape index (κ2) is 9.49. The molecule has 31 heavy (non-hydrogen) atoms. The Morgan fingerprint density at radius 1 is 1.23 bits per heavy atom. The molecule has 0 aromatic rings. The van der Waals surface area contributed by atoms with E-state index in [1.165, 1.54) is 31.3 Å². The van der Waals surface area contributed by atoms with Crippen LogP contribution in [0.1, 0.15) is 85.5 Å². The molecule has 3 aliphatic rings. The van der Waals surface area contributed by atoms with Gasteiger partial charge in [-0.25, -0.2) is 4.39 Å². The first-order chi connectivity index (χ1) is 14.4. The first-order valence-corrected chi connectivity index (χ1v) is 12.2. The zero-order valence-electron chi connectivity index (χ0n) is 19.9. The van der Waals surface area contributed by atoms with E-state index in [0.717, 1.165) is 24.0 Å². The van der Waals surface area contributed by atoms with Crippen molar-refractivity contribution in [1.29, 1.82) is 0 Å². The van der Waals surface area contributed by atoms with E-state index in [9.17, 15) is 19.7 Å². The average molecular weight is 435 g/mol. The van der Waals surface area contributed by atoms with E-state index < -0.39 is 24.0 Å². The molecule has 3 N–H and O–H groups in total. The van der Waals surface area contributed by atoms with E-state index in [4.69, 9.17) is 0 Å². The van der Waals surface area contributed by atoms with E-state index >= 15 is 0 Å². The summed E-state index contributed by atoms with van der Waals surface area (Å²) in [5.74, 6) is 1.57. The van der Waals surface area contributed by atoms with Crippen LogP contribution in [0.25, 0.3) is 0 Å². The lowest BCUT2D eigenvalue weighted by Crippen LogP contribution is -2.37. The maximum Gasteiger partial charge on any atom is 0.128 e. The Bertz CT molecular complexity index is 718. The summed E-state index contributed by atoms with van der Waals surface area (Å²) in [6.45, 7) is 11.8. The molecule has 3 fully saturated rings. The highest BCUT2D eigenvalue weighted by atomic mass is 19.1. The third kappa shape index (κ3) is 5.34. The summed E-state index contributed by atoms with van der Waals surface area (Å²) in [5, 5.41) is 30.1. The van der Waals surface area contributed by atoms with Gasteiger partial charge in [0, 0.05) is 6.42 Å². The van der Waals surface area contributed by atoms with Crippen molar-refractivity contribution in [1.82, 2.24) is 0 Å². The molecule has 3 aliphatic carbocycles. The van der Waals surface area contributed by atoms with Crippen molar-refractivity contribution in [2.24, 2.45) is 23.2 Å². The van der Waals surface area contributed by atoms with Crippen LogP contribution >= 0.6 is 0 Å². The number of alkyl halides is 1. The molecule has 0 aromatic carbocycles. The predicted octanol–water partition coefficient (Wildman–Crippen LogP) is 5.65. The summed E-state index contributed by atoms with van der Waals surface area (Å²) in [6.07, 6.45) is 10.0. The Balaban J connectivity index is 1.71. The predicted molar refractivity (Wildman–Crippen MR) is 124 cm³/mol. The second-order valence-electron chi connectivity index (χ2n) is 11.3. The van der Waals surface area contributed by atoms with Gasteiger partial charge in [-0.15, -0.1) is 0 Å². The fraction of sp³-hybridized carbons (Fsp3) is 0.778. The quantitative estimate of drug-likeness (QED) is 0.506. The van der Waals surface area contributed by atoms with Crippen LogP contribution < -0.4 is 0 Å². The normalized spacial score (nSPS) is 39.0. The molecule has 7 atom stereocenters. The Kier molecular flexibility index (Phi) is 7.55. The molecule has 0 amide bonds. The molecule has 3 rings (SSSR count). The number of halogens is 1. The van der Waals surface area contributed by atoms with Gasteiger partial charge in [-0.3, -0.25) is 0 Å². The number of fused-ring (bicyclic) bond motifs is 1. The zero-order valence-corrected chi connectivity index (χ0v) is 19.9. The molecule has 0 bridgehead atoms. The molecule has 0 aliphatic heterocycles. The van der Waals surface area contributed by atoms with Crippen LogP contribution in [0.5, 0.6) is 0 Å². The lowest BCUT2D eigenvalue weighted by Gasteiger charge is -2.44. The molecule has 0 heterocycles. The van der Waals surface area contributed by atoms with Gasteiger partial charge in [-0.1, -0.05) is 38.2 Å². The highest BCUT2D eigenvalue weighted by molar-refractivity contribution is 5.38. The third-order valence-corrected chi connectivity index (χ3v) is 8.63. The lowest BCUT2D eigenvalue weighted by molar-refractivity contribution is -0.0119. The zero-order chi connectivity index (χ0) is 23.0. The Morgan fingerprint density at radius 3 is 2.61 bits per heavy atom. The van der Waals surface area contributed by atoms with Gasteiger partial charge in [0.15, 0.2) is 0 Å². The van der Waals surface area contributed by atoms with Crippen molar-refractivity contribution in [2.45, 2.75) is 109 Å². The van der Waals surface area contributed by atoms with Gasteiger partial charge in [-0.2, -0.15) is 0 Å². The van der Waals surface area contributed by atoms with Gasteiger partial charge in [-0.05, 0) is 99.5 Å². The number of rotatable bonds is 6. The SMILES string of the molecule is C=C1/C(=C\C=C2/CCC[C@@]3(C)C2CC[C@@H]3[C@H](C)CCC(F)C(C)(C)O)C[C@@H](O)C[C@@H]1O. The molecule has 2 unspecified atom stereocenters. The number of hydrogen-bond donors (Lipinski definition) is 3. The summed E-state index contributed by atoms with van der Waals surface area (Å²) in [5.41, 5.74) is 2.17. The van der Waals surface area contributed by atoms with Crippen molar-refractivity contribution in [3.05, 3.63) is 35.5 Å². The van der Waals surface area contributed by atoms with Crippen LogP contribution in [-0.4, -0.2) is 39.3 Å². The van der Waals surface area contributed by atoms with Crippen LogP contribution in [-0.2, 0) is 0 Å². The molecule has 176 valence electrons. The van der Waals surface area contributed by atoms with E-state index in [2.05, 4.69) is 32.6 Å². The van der Waals surface area contributed by atoms with Gasteiger partial charge in [0.25, 0.3) is 0 Å². The van der Waals surface area contributed by atoms with Crippen LogP contribution in [0, 0.1) is 23.2 Å². The minimum Gasteiger partial charge on any atom is -0.393 e. The smallest absolute Gasteiger partial charge is 0.128 e. The highest BCUT2D eigenvalue weighted by Gasteiger charge is 2.50. The van der Waals surface area contributed by atoms with E-state index in [-0.39, 0.29) is 5.41 Å². The summed E-state index contributed by atoms with van der Waals surface area (Å²) < 4.78 is 14.3. The van der Waals surface area contributed by atoms with Crippen molar-refractivity contribution in [3.8, 4) is 0 Å². The van der Waals surface area contributed by atoms with Gasteiger partial charge in [0.05, 0.1) is 17.8 Å². The van der Waals surface area contributed by atoms with E-state index in [0.29, 0.717) is 37.0 Å². The van der Waals surface area contributed by atoms with Crippen molar-refractivity contribution < 1.29 is 19.7 Å². The first kappa shape index (κ1) is 24.7. The number of aliphatic hydroxyl groups is 3. The molecular formula is C27H43FO3. The fourth-order valence-corrected chi connectivity index (χ4v) is 6.64. The monoisotopic (exact) mass is 434 g/mol. The van der Waals surface area contributed by atoms with Crippen LogP contribution in [0.15, 0.2) is 35.5 Å². The average Bonchev–Trinajstić information content (AvgIpc) is 3.04. The van der Waals surface area contributed by atoms with Gasteiger partial charge in [0.2, 0.25) is 0 Å². The first-order valence-electron chi connectivity index (χ1n) is 12.2. The summed E-state index contributed by atoms with van der Waals surface area (Å²) in [7, 11) is 0. The van der Waals surface area contributed by atoms with E-state index in [1.54, 1.807) is 13.8 Å². The molecule has 0 aromatic heterocycles. The topological polar surface area (TPSA) is 60.7 Å². The molecule has 4 heteroatoms. The van der Waals surface area contributed by atoms with Crippen molar-refractivity contribution in [3.63, 3.8) is 0 Å². The summed E-state index contributed by atoms with van der Waals surface area (Å²) in [4.78, 5) is 0. The molecule has 0 radical (unpaired) electrons. The number of hydrogen-bond acceptors (Lipinski definition) is 3. The molecular weight excluding hydrogens is 391 g/mol. The highest BCUT2D eigenvalue weighted by Crippen LogP contribution is 2.60. The van der Waals surface area contributed by atoms with Crippen LogP contribution in [0.4, 0.5) is 4.39 Å². The minimum absolute atomic E-state index is 0.241. The van der Waals surface area contributed by atoms with Crippen molar-refractivity contribution in [2.75, 3.05) is 0 Å². The molecule has 0 saturated heterocycles. The largest absolute Gasteiger partial charge is 0.393 e. The van der Waals surface area contributed by atoms with Gasteiger partial charge >= 0.3 is 0 Å². The van der Waals surface area contributed by atoms with Crippen LogP contribution in [0.3, 0.4) is 0 Å². The maximum atomic E-state index is 14.3. The summed E-state index contributed by atoms with van der Waals surface area (Å²) >= 11 is 0. The number of aliphatic hydroxyl groups excluding tert-OH is 2. The fourth-order valence-electron chi connectivity index (χ4n) is 6.64. The maximum absolute atomic E-state index is 14.3. The standard InChI is InChI=1S/C27H43FO3/c1-17(8-13-25(28)26(3,4)31)22-11-12-23-19(7-6-14-27(22,23)5)9-10-20-15-21(29)16-24(30)18(20)2/h9-10,17,21-25,29-31H,2,6-8,11-16H2,1,3-5H3/b19-9+,20-10-/t17-,21-,22-,23?,24+,25?,27-/m1/s1. The minimum atomic E-state index is -1.26. The van der Waals surface area contributed by atoms with E-state index in [1.807, 2.05) is 0 Å². The van der Waals surface area contributed by atoms with Crippen LogP contribution in [0.2, 0.25) is 0 Å². The summed E-state index contributed by atoms with van der Waals surface area (Å²) in [6, 6.07) is 0. The van der Waals surface area contributed by atoms with Crippen molar-refractivity contribution >= 4 is 0 Å². The Labute approximate surface area is 188 Å². The lowest BCUT2D eigenvalue weighted by atomic mass is 9.60. The Hall–Kier alpha value is -0.970. The van der Waals surface area contributed by atoms with Gasteiger partial charge in [0.1, 0.15) is 6.17 Å². The molecule has 0 spiro atoms. The molecule has 3 saturated carbocycles. The Morgan fingerprint density at radius 2 is 1.94 bits per heavy atom.